The van der Waals surface area contributed by atoms with E-state index >= 15 is 0 Å². The number of aryl methyl sites for hydroxylation is 2. The molecule has 5 rings (SSSR count). The topological polar surface area (TPSA) is 49.3 Å². The van der Waals surface area contributed by atoms with Crippen LogP contribution in [-0.4, -0.2) is 40.4 Å². The first-order valence-corrected chi connectivity index (χ1v) is 11.0. The van der Waals surface area contributed by atoms with Crippen molar-refractivity contribution in [2.75, 3.05) is 24.5 Å². The van der Waals surface area contributed by atoms with Crippen LogP contribution in [0.1, 0.15) is 46.8 Å². The van der Waals surface area contributed by atoms with Gasteiger partial charge in [-0.1, -0.05) is 0 Å². The molecule has 0 unspecified atom stereocenters. The number of rotatable bonds is 2. The SMILES string of the molecule is Cc1nc2c(c(N3CCC(C(=O)N4CCc5sccc5C4)CC3)n1)CCC2. The Kier molecular flexibility index (Phi) is 4.38. The number of amides is 1. The molecule has 3 aliphatic rings. The smallest absolute Gasteiger partial charge is 0.226 e. The molecule has 1 amide bonds. The Morgan fingerprint density at radius 2 is 2.00 bits per heavy atom. The lowest BCUT2D eigenvalue weighted by atomic mass is 9.94. The van der Waals surface area contributed by atoms with Crippen LogP contribution in [0.5, 0.6) is 0 Å². The number of fused-ring (bicyclic) bond motifs is 2. The highest BCUT2D eigenvalue weighted by Crippen LogP contribution is 2.32. The highest BCUT2D eigenvalue weighted by atomic mass is 32.1. The van der Waals surface area contributed by atoms with Gasteiger partial charge in [-0.3, -0.25) is 4.79 Å². The number of nitrogens with zero attached hydrogens (tertiary/aromatic N) is 4. The summed E-state index contributed by atoms with van der Waals surface area (Å²) in [6.45, 7) is 5.53. The summed E-state index contributed by atoms with van der Waals surface area (Å²) in [6, 6.07) is 2.18. The van der Waals surface area contributed by atoms with Crippen LogP contribution in [0.4, 0.5) is 5.82 Å². The Balaban J connectivity index is 1.25. The second kappa shape index (κ2) is 6.89. The standard InChI is InChI=1S/C21H26N4OS/c1-14-22-18-4-2-3-17(18)20(23-14)24-9-5-15(6-10-24)21(26)25-11-7-19-16(13-25)8-12-27-19/h8,12,15H,2-7,9-11,13H2,1H3. The molecule has 4 heterocycles. The van der Waals surface area contributed by atoms with Gasteiger partial charge < -0.3 is 9.80 Å². The number of anilines is 1. The Morgan fingerprint density at radius 1 is 1.15 bits per heavy atom. The van der Waals surface area contributed by atoms with Crippen LogP contribution in [0.3, 0.4) is 0 Å². The molecule has 0 saturated carbocycles. The first kappa shape index (κ1) is 17.2. The van der Waals surface area contributed by atoms with Gasteiger partial charge in [0.25, 0.3) is 0 Å². The fourth-order valence-electron chi connectivity index (χ4n) is 4.83. The number of piperidine rings is 1. The molecule has 1 aliphatic carbocycles. The minimum Gasteiger partial charge on any atom is -0.356 e. The molecule has 1 saturated heterocycles. The zero-order valence-electron chi connectivity index (χ0n) is 15.9. The third-order valence-corrected chi connectivity index (χ3v) is 7.31. The van der Waals surface area contributed by atoms with Gasteiger partial charge in [-0.05, 0) is 62.5 Å². The van der Waals surface area contributed by atoms with Crippen molar-refractivity contribution in [1.82, 2.24) is 14.9 Å². The molecule has 0 spiro atoms. The van der Waals surface area contributed by atoms with E-state index in [-0.39, 0.29) is 5.92 Å². The average molecular weight is 383 g/mol. The Labute approximate surface area is 164 Å². The summed E-state index contributed by atoms with van der Waals surface area (Å²) in [5.41, 5.74) is 3.95. The molecular weight excluding hydrogens is 356 g/mol. The molecule has 0 N–H and O–H groups in total. The quantitative estimate of drug-likeness (QED) is 0.801. The summed E-state index contributed by atoms with van der Waals surface area (Å²) in [5, 5.41) is 2.15. The lowest BCUT2D eigenvalue weighted by molar-refractivity contribution is -0.137. The van der Waals surface area contributed by atoms with Gasteiger partial charge in [-0.25, -0.2) is 9.97 Å². The van der Waals surface area contributed by atoms with Crippen LogP contribution in [0, 0.1) is 12.8 Å². The zero-order chi connectivity index (χ0) is 18.4. The van der Waals surface area contributed by atoms with Crippen LogP contribution in [-0.2, 0) is 30.6 Å². The lowest BCUT2D eigenvalue weighted by Crippen LogP contribution is -2.44. The third kappa shape index (κ3) is 3.14. The van der Waals surface area contributed by atoms with E-state index in [9.17, 15) is 4.79 Å². The van der Waals surface area contributed by atoms with Gasteiger partial charge in [0.05, 0.1) is 0 Å². The van der Waals surface area contributed by atoms with Gasteiger partial charge >= 0.3 is 0 Å². The van der Waals surface area contributed by atoms with Crippen molar-refractivity contribution in [3.05, 3.63) is 39.0 Å². The lowest BCUT2D eigenvalue weighted by Gasteiger charge is -2.36. The summed E-state index contributed by atoms with van der Waals surface area (Å²) in [5.74, 6) is 2.54. The van der Waals surface area contributed by atoms with Gasteiger partial charge in [0.15, 0.2) is 0 Å². The normalized spacial score (nSPS) is 19.9. The summed E-state index contributed by atoms with van der Waals surface area (Å²) in [4.78, 5) is 28.4. The van der Waals surface area contributed by atoms with E-state index in [2.05, 4.69) is 26.2 Å². The van der Waals surface area contributed by atoms with Crippen LogP contribution in [0.2, 0.25) is 0 Å². The van der Waals surface area contributed by atoms with Crippen LogP contribution in [0.25, 0.3) is 0 Å². The highest BCUT2D eigenvalue weighted by molar-refractivity contribution is 7.10. The Bertz CT molecular complexity index is 869. The summed E-state index contributed by atoms with van der Waals surface area (Å²) >= 11 is 1.83. The van der Waals surface area contributed by atoms with Gasteiger partial charge in [0.1, 0.15) is 11.6 Å². The van der Waals surface area contributed by atoms with Crippen LogP contribution >= 0.6 is 11.3 Å². The maximum absolute atomic E-state index is 13.1. The van der Waals surface area contributed by atoms with E-state index < -0.39 is 0 Å². The van der Waals surface area contributed by atoms with E-state index in [1.54, 1.807) is 0 Å². The summed E-state index contributed by atoms with van der Waals surface area (Å²) in [6.07, 6.45) is 6.26. The van der Waals surface area contributed by atoms with E-state index in [4.69, 9.17) is 4.98 Å². The maximum Gasteiger partial charge on any atom is 0.226 e. The molecule has 0 aromatic carbocycles. The maximum atomic E-state index is 13.1. The molecule has 0 atom stereocenters. The number of carbonyl (C=O) groups excluding carboxylic acids is 1. The van der Waals surface area contributed by atoms with Gasteiger partial charge in [0.2, 0.25) is 5.91 Å². The molecule has 27 heavy (non-hydrogen) atoms. The monoisotopic (exact) mass is 382 g/mol. The van der Waals surface area contributed by atoms with Crippen LogP contribution < -0.4 is 4.90 Å². The Morgan fingerprint density at radius 3 is 2.85 bits per heavy atom. The van der Waals surface area contributed by atoms with Gasteiger partial charge in [-0.2, -0.15) is 0 Å². The molecule has 0 bridgehead atoms. The fourth-order valence-corrected chi connectivity index (χ4v) is 5.72. The number of aromatic nitrogens is 2. The number of carbonyl (C=O) groups is 1. The van der Waals surface area contributed by atoms with E-state index in [1.807, 2.05) is 18.3 Å². The zero-order valence-corrected chi connectivity index (χ0v) is 16.7. The van der Waals surface area contributed by atoms with E-state index in [0.29, 0.717) is 5.91 Å². The highest BCUT2D eigenvalue weighted by Gasteiger charge is 2.32. The predicted molar refractivity (Wildman–Crippen MR) is 107 cm³/mol. The minimum absolute atomic E-state index is 0.164. The second-order valence-electron chi connectivity index (χ2n) is 8.01. The van der Waals surface area contributed by atoms with Gasteiger partial charge in [0, 0.05) is 48.2 Å². The van der Waals surface area contributed by atoms with Crippen molar-refractivity contribution < 1.29 is 4.79 Å². The number of hydrogen-bond acceptors (Lipinski definition) is 5. The second-order valence-corrected chi connectivity index (χ2v) is 9.01. The molecule has 5 nitrogen and oxygen atoms in total. The largest absolute Gasteiger partial charge is 0.356 e. The average Bonchev–Trinajstić information content (AvgIpc) is 3.35. The molecule has 0 radical (unpaired) electrons. The van der Waals surface area contributed by atoms with Crippen molar-refractivity contribution in [3.8, 4) is 0 Å². The van der Waals surface area contributed by atoms with Crippen LogP contribution in [0.15, 0.2) is 11.4 Å². The Hall–Kier alpha value is -1.95. The molecule has 6 heteroatoms. The fraction of sp³-hybridized carbons (Fsp3) is 0.571. The van der Waals surface area contributed by atoms with Gasteiger partial charge in [-0.15, -0.1) is 11.3 Å². The van der Waals surface area contributed by atoms with Crippen molar-refractivity contribution in [2.24, 2.45) is 5.92 Å². The van der Waals surface area contributed by atoms with Crippen molar-refractivity contribution in [2.45, 2.75) is 52.0 Å². The summed E-state index contributed by atoms with van der Waals surface area (Å²) < 4.78 is 0. The van der Waals surface area contributed by atoms with E-state index in [1.165, 1.54) is 28.1 Å². The third-order valence-electron chi connectivity index (χ3n) is 6.29. The van der Waals surface area contributed by atoms with Crippen molar-refractivity contribution >= 4 is 23.1 Å². The first-order chi connectivity index (χ1) is 13.2. The molecular formula is C21H26N4OS. The van der Waals surface area contributed by atoms with Crippen molar-refractivity contribution in [3.63, 3.8) is 0 Å². The number of thiophene rings is 1. The molecule has 2 aromatic heterocycles. The minimum atomic E-state index is 0.164. The summed E-state index contributed by atoms with van der Waals surface area (Å²) in [7, 11) is 0. The van der Waals surface area contributed by atoms with Crippen molar-refractivity contribution in [1.29, 1.82) is 0 Å². The molecule has 2 aromatic rings. The molecule has 142 valence electrons. The first-order valence-electron chi connectivity index (χ1n) is 10.1. The molecule has 2 aliphatic heterocycles. The van der Waals surface area contributed by atoms with E-state index in [0.717, 1.165) is 69.9 Å². The molecule has 1 fully saturated rings. The number of hydrogen-bond donors (Lipinski definition) is 0. The predicted octanol–water partition coefficient (Wildman–Crippen LogP) is 3.14.